The summed E-state index contributed by atoms with van der Waals surface area (Å²) in [7, 11) is -1.90. The van der Waals surface area contributed by atoms with Gasteiger partial charge in [-0.15, -0.1) is 0 Å². The minimum Gasteiger partial charge on any atom is -0.481 e. The number of aromatic nitrogens is 4. The van der Waals surface area contributed by atoms with Crippen molar-refractivity contribution in [3.05, 3.63) is 54.7 Å². The average Bonchev–Trinajstić information content (AvgIpc) is 3.17. The zero-order chi connectivity index (χ0) is 21.5. The Kier molecular flexibility index (Phi) is 4.98. The van der Waals surface area contributed by atoms with Crippen LogP contribution in [0.5, 0.6) is 5.88 Å². The second-order valence-corrected chi connectivity index (χ2v) is 9.48. The van der Waals surface area contributed by atoms with Gasteiger partial charge in [-0.05, 0) is 26.0 Å². The number of benzene rings is 1. The van der Waals surface area contributed by atoms with Crippen LogP contribution in [0.3, 0.4) is 0 Å². The maximum Gasteiger partial charge on any atom is 0.213 e. The number of H-pyrrole nitrogens is 1. The number of sulfone groups is 1. The molecular formula is C21H19FN4O3S. The Morgan fingerprint density at radius 3 is 2.47 bits per heavy atom. The fourth-order valence-corrected chi connectivity index (χ4v) is 4.12. The summed E-state index contributed by atoms with van der Waals surface area (Å²) in [4.78, 5) is 16.1. The smallest absolute Gasteiger partial charge is 0.213 e. The van der Waals surface area contributed by atoms with Crippen LogP contribution in [-0.4, -0.2) is 40.7 Å². The molecule has 1 aromatic carbocycles. The van der Waals surface area contributed by atoms with Crippen LogP contribution in [0.1, 0.15) is 13.8 Å². The van der Waals surface area contributed by atoms with Crippen molar-refractivity contribution in [1.82, 2.24) is 19.9 Å². The molecule has 0 atom stereocenters. The summed E-state index contributed by atoms with van der Waals surface area (Å²) in [6, 6.07) is 7.99. The van der Waals surface area contributed by atoms with E-state index in [2.05, 4.69) is 19.9 Å². The quantitative estimate of drug-likeness (QED) is 0.518. The van der Waals surface area contributed by atoms with E-state index in [4.69, 9.17) is 4.74 Å². The van der Waals surface area contributed by atoms with E-state index in [1.165, 1.54) is 13.2 Å². The van der Waals surface area contributed by atoms with E-state index >= 15 is 0 Å². The number of pyridine rings is 1. The van der Waals surface area contributed by atoms with E-state index in [1.807, 2.05) is 0 Å². The van der Waals surface area contributed by atoms with Gasteiger partial charge in [0, 0.05) is 29.0 Å². The highest BCUT2D eigenvalue weighted by Gasteiger charge is 2.19. The van der Waals surface area contributed by atoms with Gasteiger partial charge in [0.05, 0.1) is 35.3 Å². The number of nitrogens with zero attached hydrogens (tertiary/aromatic N) is 3. The topological polar surface area (TPSA) is 97.8 Å². The molecule has 30 heavy (non-hydrogen) atoms. The minimum absolute atomic E-state index is 0.253. The predicted molar refractivity (Wildman–Crippen MR) is 111 cm³/mol. The molecule has 0 bridgehead atoms. The third-order valence-corrected chi connectivity index (χ3v) is 6.98. The Balaban J connectivity index is 1.79. The van der Waals surface area contributed by atoms with Gasteiger partial charge in [0.15, 0.2) is 15.5 Å². The highest BCUT2D eigenvalue weighted by Crippen LogP contribution is 2.32. The molecule has 0 amide bonds. The van der Waals surface area contributed by atoms with Crippen LogP contribution in [0.4, 0.5) is 4.39 Å². The molecule has 0 unspecified atom stereocenters. The van der Waals surface area contributed by atoms with Crippen LogP contribution in [-0.2, 0) is 9.84 Å². The van der Waals surface area contributed by atoms with Crippen molar-refractivity contribution in [1.29, 1.82) is 0 Å². The maximum atomic E-state index is 14.4. The van der Waals surface area contributed by atoms with Gasteiger partial charge in [-0.25, -0.2) is 27.8 Å². The first-order valence-corrected chi connectivity index (χ1v) is 10.7. The van der Waals surface area contributed by atoms with Crippen LogP contribution < -0.4 is 4.74 Å². The molecular weight excluding hydrogens is 407 g/mol. The van der Waals surface area contributed by atoms with E-state index in [0.29, 0.717) is 28.0 Å². The van der Waals surface area contributed by atoms with Crippen molar-refractivity contribution >= 4 is 21.0 Å². The number of ether oxygens (including phenoxy) is 1. The van der Waals surface area contributed by atoms with E-state index < -0.39 is 20.9 Å². The lowest BCUT2D eigenvalue weighted by Gasteiger charge is -2.09. The van der Waals surface area contributed by atoms with Crippen LogP contribution >= 0.6 is 0 Å². The molecule has 3 heterocycles. The molecule has 0 saturated heterocycles. The van der Waals surface area contributed by atoms with Crippen LogP contribution in [0, 0.1) is 5.82 Å². The van der Waals surface area contributed by atoms with Crippen LogP contribution in [0.2, 0.25) is 0 Å². The molecule has 0 aliphatic rings. The zero-order valence-corrected chi connectivity index (χ0v) is 17.4. The second-order valence-electron chi connectivity index (χ2n) is 6.98. The third-order valence-electron chi connectivity index (χ3n) is 4.81. The summed E-state index contributed by atoms with van der Waals surface area (Å²) in [5.74, 6) is -0.223. The number of halogens is 1. The second kappa shape index (κ2) is 7.49. The molecule has 4 rings (SSSR count). The summed E-state index contributed by atoms with van der Waals surface area (Å²) >= 11 is 0. The molecule has 7 nitrogen and oxygen atoms in total. The van der Waals surface area contributed by atoms with Gasteiger partial charge in [0.25, 0.3) is 0 Å². The standard InChI is InChI=1S/C21H19FN4O3S/c1-12(2)30(27,28)14-6-4-13(5-7-14)18-11-25-21-20(26-18)16(9-24-21)15-8-19(29-3)23-10-17(15)22/h4-12H,1-3H3,(H,24,25). The lowest BCUT2D eigenvalue weighted by Crippen LogP contribution is -2.13. The lowest BCUT2D eigenvalue weighted by atomic mass is 10.1. The summed E-state index contributed by atoms with van der Waals surface area (Å²) in [6.07, 6.45) is 4.31. The minimum atomic E-state index is -3.36. The van der Waals surface area contributed by atoms with E-state index in [9.17, 15) is 12.8 Å². The zero-order valence-electron chi connectivity index (χ0n) is 16.5. The van der Waals surface area contributed by atoms with Crippen molar-refractivity contribution in [3.8, 4) is 28.3 Å². The van der Waals surface area contributed by atoms with Crippen molar-refractivity contribution in [3.63, 3.8) is 0 Å². The van der Waals surface area contributed by atoms with Crippen LogP contribution in [0.15, 0.2) is 53.8 Å². The first-order chi connectivity index (χ1) is 14.3. The number of aromatic amines is 1. The summed E-state index contributed by atoms with van der Waals surface area (Å²) in [5.41, 5.74) is 3.04. The molecule has 1 N–H and O–H groups in total. The van der Waals surface area contributed by atoms with Gasteiger partial charge in [0.1, 0.15) is 11.3 Å². The number of hydrogen-bond acceptors (Lipinski definition) is 6. The van der Waals surface area contributed by atoms with Crippen LogP contribution in [0.25, 0.3) is 33.5 Å². The molecule has 0 radical (unpaired) electrons. The molecule has 3 aromatic heterocycles. The highest BCUT2D eigenvalue weighted by molar-refractivity contribution is 7.92. The highest BCUT2D eigenvalue weighted by atomic mass is 32.2. The fourth-order valence-electron chi connectivity index (χ4n) is 3.06. The van der Waals surface area contributed by atoms with Crippen molar-refractivity contribution in [2.24, 2.45) is 0 Å². The Labute approximate surface area is 172 Å². The van der Waals surface area contributed by atoms with Gasteiger partial charge in [0.2, 0.25) is 5.88 Å². The van der Waals surface area contributed by atoms with E-state index in [-0.39, 0.29) is 16.3 Å². The number of nitrogens with one attached hydrogen (secondary N) is 1. The van der Waals surface area contributed by atoms with Crippen molar-refractivity contribution < 1.29 is 17.5 Å². The predicted octanol–water partition coefficient (Wildman–Crippen LogP) is 4.02. The monoisotopic (exact) mass is 426 g/mol. The normalized spacial score (nSPS) is 11.9. The number of methoxy groups -OCH3 is 1. The van der Waals surface area contributed by atoms with E-state index in [1.54, 1.807) is 50.5 Å². The SMILES string of the molecule is COc1cc(-c2c[nH]c3ncc(-c4ccc(S(=O)(=O)C(C)C)cc4)nc23)c(F)cn1. The number of fused-ring (bicyclic) bond motifs is 1. The third kappa shape index (κ3) is 3.41. The molecule has 0 saturated carbocycles. The molecule has 4 aromatic rings. The first-order valence-electron chi connectivity index (χ1n) is 9.19. The van der Waals surface area contributed by atoms with Gasteiger partial charge in [-0.2, -0.15) is 0 Å². The maximum absolute atomic E-state index is 14.4. The van der Waals surface area contributed by atoms with Crippen molar-refractivity contribution in [2.45, 2.75) is 24.0 Å². The number of hydrogen-bond donors (Lipinski definition) is 1. The molecule has 9 heteroatoms. The molecule has 0 fully saturated rings. The molecule has 154 valence electrons. The fraction of sp³-hybridized carbons (Fsp3) is 0.190. The summed E-state index contributed by atoms with van der Waals surface area (Å²) in [6.45, 7) is 3.28. The Morgan fingerprint density at radius 2 is 1.80 bits per heavy atom. The Morgan fingerprint density at radius 1 is 1.07 bits per heavy atom. The summed E-state index contributed by atoms with van der Waals surface area (Å²) < 4.78 is 44.1. The lowest BCUT2D eigenvalue weighted by molar-refractivity contribution is 0.396. The molecule has 0 aliphatic carbocycles. The van der Waals surface area contributed by atoms with Gasteiger partial charge in [-0.1, -0.05) is 12.1 Å². The van der Waals surface area contributed by atoms with Crippen molar-refractivity contribution in [2.75, 3.05) is 7.11 Å². The Bertz CT molecular complexity index is 1330. The van der Waals surface area contributed by atoms with E-state index in [0.717, 1.165) is 6.20 Å². The van der Waals surface area contributed by atoms with Gasteiger partial charge >= 0.3 is 0 Å². The first kappa shape index (κ1) is 20.0. The largest absolute Gasteiger partial charge is 0.481 e. The number of rotatable bonds is 5. The summed E-state index contributed by atoms with van der Waals surface area (Å²) in [5, 5.41) is -0.505. The molecule has 0 spiro atoms. The molecule has 0 aliphatic heterocycles. The van der Waals surface area contributed by atoms with Gasteiger partial charge < -0.3 is 9.72 Å². The Hall–Kier alpha value is -3.33. The average molecular weight is 426 g/mol. The van der Waals surface area contributed by atoms with Gasteiger partial charge in [-0.3, -0.25) is 0 Å².